The van der Waals surface area contributed by atoms with Gasteiger partial charge in [0.2, 0.25) is 5.96 Å². The number of nitriles is 1. The van der Waals surface area contributed by atoms with Gasteiger partial charge in [-0.3, -0.25) is 9.98 Å². The van der Waals surface area contributed by atoms with Gasteiger partial charge >= 0.3 is 0 Å². The predicted octanol–water partition coefficient (Wildman–Crippen LogP) is 2.60. The Bertz CT molecular complexity index is 688. The maximum atomic E-state index is 9.59. The number of aromatic nitrogens is 1. The van der Waals surface area contributed by atoms with Crippen molar-refractivity contribution in [1.29, 1.82) is 5.26 Å². The molecule has 0 aliphatic rings. The molecule has 0 amide bonds. The van der Waals surface area contributed by atoms with Crippen molar-refractivity contribution in [3.63, 3.8) is 0 Å². The van der Waals surface area contributed by atoms with Crippen LogP contribution < -0.4 is 5.73 Å². The highest BCUT2D eigenvalue weighted by molar-refractivity contribution is 5.80. The maximum absolute atomic E-state index is 9.59. The smallest absolute Gasteiger partial charge is 0.205 e. The van der Waals surface area contributed by atoms with Crippen LogP contribution in [0.2, 0.25) is 0 Å². The lowest BCUT2D eigenvalue weighted by molar-refractivity contribution is 0.469. The first kappa shape index (κ1) is 15.5. The Morgan fingerprint density at radius 2 is 2.05 bits per heavy atom. The van der Waals surface area contributed by atoms with Crippen LogP contribution in [0.15, 0.2) is 53.7 Å². The molecule has 1 aromatic heterocycles. The molecule has 2 aromatic rings. The van der Waals surface area contributed by atoms with E-state index in [4.69, 9.17) is 5.73 Å². The second-order valence-corrected chi connectivity index (χ2v) is 4.82. The second kappa shape index (κ2) is 7.23. The molecule has 112 valence electrons. The molecule has 0 saturated carbocycles. The van der Waals surface area contributed by atoms with Gasteiger partial charge in [0.05, 0.1) is 5.69 Å². The molecule has 2 rings (SSSR count). The van der Waals surface area contributed by atoms with E-state index in [-0.39, 0.29) is 12.0 Å². The van der Waals surface area contributed by atoms with Crippen molar-refractivity contribution in [2.24, 2.45) is 10.7 Å². The van der Waals surface area contributed by atoms with Gasteiger partial charge < -0.3 is 5.73 Å². The normalized spacial score (nSPS) is 12.5. The van der Waals surface area contributed by atoms with Gasteiger partial charge in [-0.05, 0) is 37.1 Å². The first-order valence-corrected chi connectivity index (χ1v) is 7.14. The molecule has 0 aliphatic heterocycles. The van der Waals surface area contributed by atoms with Crippen LogP contribution in [-0.4, -0.2) is 22.4 Å². The van der Waals surface area contributed by atoms with Crippen LogP contribution in [0, 0.1) is 18.4 Å². The Balaban J connectivity index is 2.59. The summed E-state index contributed by atoms with van der Waals surface area (Å²) in [5, 5.41) is 9.59. The SMILES string of the molecule is CCN=C(N)N(C#N)C(c1ccccn1)c1ccccc1C. The molecule has 0 radical (unpaired) electrons. The van der Waals surface area contributed by atoms with E-state index in [9.17, 15) is 5.26 Å². The first-order valence-electron chi connectivity index (χ1n) is 7.14. The number of aryl methyl sites for hydroxylation is 1. The van der Waals surface area contributed by atoms with E-state index in [0.29, 0.717) is 6.54 Å². The van der Waals surface area contributed by atoms with Gasteiger partial charge in [-0.25, -0.2) is 4.90 Å². The molecule has 1 heterocycles. The summed E-state index contributed by atoms with van der Waals surface area (Å²) in [4.78, 5) is 9.98. The average molecular weight is 293 g/mol. The summed E-state index contributed by atoms with van der Waals surface area (Å²) in [7, 11) is 0. The third-order valence-corrected chi connectivity index (χ3v) is 3.38. The fraction of sp³-hybridized carbons (Fsp3) is 0.235. The largest absolute Gasteiger partial charge is 0.369 e. The van der Waals surface area contributed by atoms with Crippen molar-refractivity contribution >= 4 is 5.96 Å². The minimum absolute atomic E-state index is 0.198. The Morgan fingerprint density at radius 1 is 1.32 bits per heavy atom. The third-order valence-electron chi connectivity index (χ3n) is 3.38. The van der Waals surface area contributed by atoms with Crippen LogP contribution in [0.5, 0.6) is 0 Å². The number of guanidine groups is 1. The highest BCUT2D eigenvalue weighted by atomic mass is 15.3. The van der Waals surface area contributed by atoms with E-state index in [1.165, 1.54) is 4.90 Å². The summed E-state index contributed by atoms with van der Waals surface area (Å²) in [6.07, 6.45) is 3.86. The number of aliphatic imine (C=N–C) groups is 1. The summed E-state index contributed by atoms with van der Waals surface area (Å²) in [6.45, 7) is 4.41. The monoisotopic (exact) mass is 293 g/mol. The lowest BCUT2D eigenvalue weighted by Gasteiger charge is -2.27. The summed E-state index contributed by atoms with van der Waals surface area (Å²) in [5.41, 5.74) is 8.80. The molecule has 0 fully saturated rings. The quantitative estimate of drug-likeness (QED) is 0.407. The molecule has 0 saturated heterocycles. The van der Waals surface area contributed by atoms with Crippen LogP contribution in [0.1, 0.15) is 29.8 Å². The van der Waals surface area contributed by atoms with Crippen LogP contribution in [-0.2, 0) is 0 Å². The molecule has 1 unspecified atom stereocenters. The predicted molar refractivity (Wildman–Crippen MR) is 86.9 cm³/mol. The third kappa shape index (κ3) is 3.23. The van der Waals surface area contributed by atoms with E-state index in [1.54, 1.807) is 6.20 Å². The van der Waals surface area contributed by atoms with Crippen molar-refractivity contribution < 1.29 is 0 Å². The Hall–Kier alpha value is -2.87. The number of hydrogen-bond acceptors (Lipinski definition) is 3. The number of benzene rings is 1. The van der Waals surface area contributed by atoms with Crippen LogP contribution in [0.25, 0.3) is 0 Å². The van der Waals surface area contributed by atoms with Crippen molar-refractivity contribution in [2.75, 3.05) is 6.54 Å². The second-order valence-electron chi connectivity index (χ2n) is 4.82. The molecule has 0 bridgehead atoms. The number of pyridine rings is 1. The minimum Gasteiger partial charge on any atom is -0.369 e. The van der Waals surface area contributed by atoms with Crippen molar-refractivity contribution in [3.05, 3.63) is 65.5 Å². The zero-order chi connectivity index (χ0) is 15.9. The Labute approximate surface area is 130 Å². The summed E-state index contributed by atoms with van der Waals surface area (Å²) in [5.74, 6) is 0.198. The van der Waals surface area contributed by atoms with Crippen LogP contribution in [0.4, 0.5) is 0 Å². The molecular weight excluding hydrogens is 274 g/mol. The Kier molecular flexibility index (Phi) is 5.10. The summed E-state index contributed by atoms with van der Waals surface area (Å²) in [6, 6.07) is 13.2. The lowest BCUT2D eigenvalue weighted by atomic mass is 9.97. The van der Waals surface area contributed by atoms with E-state index in [1.807, 2.05) is 56.3 Å². The fourth-order valence-electron chi connectivity index (χ4n) is 2.34. The van der Waals surface area contributed by atoms with Gasteiger partial charge in [-0.2, -0.15) is 5.26 Å². The van der Waals surface area contributed by atoms with Gasteiger partial charge in [-0.15, -0.1) is 0 Å². The molecule has 1 atom stereocenters. The summed E-state index contributed by atoms with van der Waals surface area (Å²) < 4.78 is 0. The van der Waals surface area contributed by atoms with Gasteiger partial charge in [0, 0.05) is 12.7 Å². The van der Waals surface area contributed by atoms with Gasteiger partial charge in [0.25, 0.3) is 0 Å². The topological polar surface area (TPSA) is 78.3 Å². The molecule has 0 spiro atoms. The fourth-order valence-corrected chi connectivity index (χ4v) is 2.34. The van der Waals surface area contributed by atoms with Gasteiger partial charge in [0.15, 0.2) is 6.19 Å². The average Bonchev–Trinajstić information content (AvgIpc) is 2.54. The minimum atomic E-state index is -0.386. The van der Waals surface area contributed by atoms with Gasteiger partial charge in [0.1, 0.15) is 6.04 Å². The molecule has 22 heavy (non-hydrogen) atoms. The summed E-state index contributed by atoms with van der Waals surface area (Å²) >= 11 is 0. The number of nitrogens with two attached hydrogens (primary N) is 1. The molecular formula is C17H19N5. The highest BCUT2D eigenvalue weighted by Gasteiger charge is 2.26. The molecule has 5 heteroatoms. The van der Waals surface area contributed by atoms with E-state index in [0.717, 1.165) is 16.8 Å². The highest BCUT2D eigenvalue weighted by Crippen LogP contribution is 2.29. The first-order chi connectivity index (χ1) is 10.7. The van der Waals surface area contributed by atoms with Gasteiger partial charge in [-0.1, -0.05) is 30.3 Å². The zero-order valence-electron chi connectivity index (χ0n) is 12.8. The molecule has 5 nitrogen and oxygen atoms in total. The van der Waals surface area contributed by atoms with E-state index >= 15 is 0 Å². The van der Waals surface area contributed by atoms with Crippen LogP contribution in [0.3, 0.4) is 0 Å². The Morgan fingerprint density at radius 3 is 2.64 bits per heavy atom. The zero-order valence-corrected chi connectivity index (χ0v) is 12.8. The van der Waals surface area contributed by atoms with Crippen molar-refractivity contribution in [1.82, 2.24) is 9.88 Å². The van der Waals surface area contributed by atoms with Crippen molar-refractivity contribution in [2.45, 2.75) is 19.9 Å². The molecule has 1 aromatic carbocycles. The molecule has 0 aliphatic carbocycles. The maximum Gasteiger partial charge on any atom is 0.205 e. The van der Waals surface area contributed by atoms with Crippen LogP contribution >= 0.6 is 0 Å². The number of rotatable bonds is 4. The standard InChI is InChI=1S/C17H19N5/c1-3-20-17(19)22(12-18)16(15-10-6-7-11-21-15)14-9-5-4-8-13(14)2/h4-11,16H,3H2,1-2H3,(H2,19,20). The molecule has 2 N–H and O–H groups in total. The lowest BCUT2D eigenvalue weighted by Crippen LogP contribution is -2.38. The van der Waals surface area contributed by atoms with E-state index in [2.05, 4.69) is 16.2 Å². The van der Waals surface area contributed by atoms with Crippen molar-refractivity contribution in [3.8, 4) is 6.19 Å². The number of nitrogens with zero attached hydrogens (tertiary/aromatic N) is 4. The number of hydrogen-bond donors (Lipinski definition) is 1. The van der Waals surface area contributed by atoms with E-state index < -0.39 is 0 Å².